The minimum atomic E-state index is -0.109. The Bertz CT molecular complexity index is 430. The summed E-state index contributed by atoms with van der Waals surface area (Å²) in [6.45, 7) is 6.49. The van der Waals surface area contributed by atoms with Crippen molar-refractivity contribution in [2.75, 3.05) is 19.7 Å². The van der Waals surface area contributed by atoms with Gasteiger partial charge in [-0.1, -0.05) is 13.8 Å². The van der Waals surface area contributed by atoms with Gasteiger partial charge in [-0.25, -0.2) is 0 Å². The number of amides is 1. The van der Waals surface area contributed by atoms with E-state index in [1.165, 1.54) is 0 Å². The number of benzene rings is 1. The smallest absolute Gasteiger partial charge is 0.257 e. The molecule has 0 saturated heterocycles. The molecule has 0 aliphatic rings. The third-order valence-corrected chi connectivity index (χ3v) is 3.74. The first kappa shape index (κ1) is 17.5. The Labute approximate surface area is 136 Å². The van der Waals surface area contributed by atoms with Gasteiger partial charge < -0.3 is 15.4 Å². The van der Waals surface area contributed by atoms with Crippen molar-refractivity contribution < 1.29 is 9.53 Å². The summed E-state index contributed by atoms with van der Waals surface area (Å²) < 4.78 is 7.23. The van der Waals surface area contributed by atoms with Crippen LogP contribution in [0.5, 0.6) is 5.75 Å². The van der Waals surface area contributed by atoms with Gasteiger partial charge in [-0.2, -0.15) is 0 Å². The Balaban J connectivity index is 2.64. The van der Waals surface area contributed by atoms with E-state index in [9.17, 15) is 4.79 Å². The van der Waals surface area contributed by atoms with E-state index in [0.29, 0.717) is 12.3 Å². The molecule has 6 heteroatoms. The highest BCUT2D eigenvalue weighted by Crippen LogP contribution is 2.34. The zero-order valence-electron chi connectivity index (χ0n) is 11.8. The molecule has 0 heterocycles. The van der Waals surface area contributed by atoms with E-state index in [-0.39, 0.29) is 12.5 Å². The number of hydrogen-bond acceptors (Lipinski definition) is 3. The van der Waals surface area contributed by atoms with Crippen molar-refractivity contribution in [2.45, 2.75) is 26.8 Å². The summed E-state index contributed by atoms with van der Waals surface area (Å²) in [5, 5.41) is 6.04. The van der Waals surface area contributed by atoms with Crippen molar-refractivity contribution in [2.24, 2.45) is 0 Å². The van der Waals surface area contributed by atoms with Gasteiger partial charge in [0.2, 0.25) is 0 Å². The molecule has 2 N–H and O–H groups in total. The Morgan fingerprint density at radius 2 is 1.90 bits per heavy atom. The lowest BCUT2D eigenvalue weighted by Gasteiger charge is -2.12. The maximum atomic E-state index is 11.5. The third kappa shape index (κ3) is 5.81. The van der Waals surface area contributed by atoms with Crippen molar-refractivity contribution in [3.05, 3.63) is 26.6 Å². The van der Waals surface area contributed by atoms with E-state index in [2.05, 4.69) is 49.4 Å². The van der Waals surface area contributed by atoms with Gasteiger partial charge in [-0.15, -0.1) is 0 Å². The van der Waals surface area contributed by atoms with E-state index in [1.807, 2.05) is 19.1 Å². The molecule has 0 atom stereocenters. The topological polar surface area (TPSA) is 50.4 Å². The van der Waals surface area contributed by atoms with Gasteiger partial charge in [0.1, 0.15) is 5.75 Å². The van der Waals surface area contributed by atoms with Gasteiger partial charge >= 0.3 is 0 Å². The van der Waals surface area contributed by atoms with Crippen LogP contribution in [0.25, 0.3) is 0 Å². The number of nitrogens with one attached hydrogen (secondary N) is 2. The molecule has 0 saturated carbocycles. The van der Waals surface area contributed by atoms with Crippen LogP contribution in [0, 0.1) is 0 Å². The molecule has 0 aliphatic carbocycles. The first-order valence-corrected chi connectivity index (χ1v) is 8.25. The monoisotopic (exact) mass is 406 g/mol. The second-order valence-electron chi connectivity index (χ2n) is 4.31. The van der Waals surface area contributed by atoms with Crippen LogP contribution in [0.1, 0.15) is 25.8 Å². The molecule has 0 spiro atoms. The fourth-order valence-corrected chi connectivity index (χ4v) is 3.09. The summed E-state index contributed by atoms with van der Waals surface area (Å²) in [5.41, 5.74) is 1.15. The maximum Gasteiger partial charge on any atom is 0.257 e. The fourth-order valence-electron chi connectivity index (χ4n) is 1.57. The number of carbonyl (C=O) groups excluding carboxylic acids is 1. The summed E-state index contributed by atoms with van der Waals surface area (Å²) in [6.07, 6.45) is 0.915. The summed E-state index contributed by atoms with van der Waals surface area (Å²) in [6, 6.07) is 3.99. The Kier molecular flexibility index (Phi) is 8.18. The lowest BCUT2D eigenvalue weighted by atomic mass is 10.2. The molecule has 4 nitrogen and oxygen atoms in total. The van der Waals surface area contributed by atoms with E-state index >= 15 is 0 Å². The minimum absolute atomic E-state index is 0.0176. The molecule has 0 aromatic heterocycles. The van der Waals surface area contributed by atoms with E-state index in [4.69, 9.17) is 4.74 Å². The second-order valence-corrected chi connectivity index (χ2v) is 6.02. The maximum absolute atomic E-state index is 11.5. The standard InChI is InChI=1S/C14H20Br2N2O2/c1-3-5-18-13(19)9-20-14-11(15)6-10(7-12(14)16)8-17-4-2/h6-7,17H,3-5,8-9H2,1-2H3,(H,18,19). The van der Waals surface area contributed by atoms with Crippen molar-refractivity contribution in [1.82, 2.24) is 10.6 Å². The normalized spacial score (nSPS) is 10.4. The van der Waals surface area contributed by atoms with Crippen LogP contribution in [-0.4, -0.2) is 25.6 Å². The van der Waals surface area contributed by atoms with Crippen molar-refractivity contribution in [1.29, 1.82) is 0 Å². The van der Waals surface area contributed by atoms with Gasteiger partial charge in [-0.05, 0) is 62.5 Å². The summed E-state index contributed by atoms with van der Waals surface area (Å²) in [5.74, 6) is 0.541. The van der Waals surface area contributed by atoms with E-state index in [1.54, 1.807) is 0 Å². The molecule has 0 bridgehead atoms. The number of hydrogen-bond donors (Lipinski definition) is 2. The van der Waals surface area contributed by atoms with Crippen LogP contribution in [0.4, 0.5) is 0 Å². The van der Waals surface area contributed by atoms with Crippen LogP contribution < -0.4 is 15.4 Å². The van der Waals surface area contributed by atoms with Crippen LogP contribution in [0.15, 0.2) is 21.1 Å². The molecule has 0 unspecified atom stereocenters. The zero-order valence-corrected chi connectivity index (χ0v) is 14.9. The average molecular weight is 408 g/mol. The molecule has 1 aromatic carbocycles. The van der Waals surface area contributed by atoms with Crippen molar-refractivity contribution in [3.8, 4) is 5.75 Å². The van der Waals surface area contributed by atoms with Crippen LogP contribution in [-0.2, 0) is 11.3 Å². The lowest BCUT2D eigenvalue weighted by Crippen LogP contribution is -2.29. The molecule has 1 amide bonds. The molecule has 0 radical (unpaired) electrons. The predicted molar refractivity (Wildman–Crippen MR) is 88.0 cm³/mol. The molecule has 0 fully saturated rings. The van der Waals surface area contributed by atoms with Crippen molar-refractivity contribution >= 4 is 37.8 Å². The second kappa shape index (κ2) is 9.37. The molecule has 20 heavy (non-hydrogen) atoms. The largest absolute Gasteiger partial charge is 0.481 e. The van der Waals surface area contributed by atoms with Gasteiger partial charge in [0.05, 0.1) is 8.95 Å². The van der Waals surface area contributed by atoms with Crippen LogP contribution in [0.3, 0.4) is 0 Å². The molecule has 1 rings (SSSR count). The van der Waals surface area contributed by atoms with Crippen LogP contribution >= 0.6 is 31.9 Å². The number of rotatable bonds is 8. The fraction of sp³-hybridized carbons (Fsp3) is 0.500. The van der Waals surface area contributed by atoms with E-state index in [0.717, 1.165) is 34.0 Å². The number of ether oxygens (including phenoxy) is 1. The van der Waals surface area contributed by atoms with Gasteiger partial charge in [0.25, 0.3) is 5.91 Å². The minimum Gasteiger partial charge on any atom is -0.481 e. The molecule has 1 aromatic rings. The Hall–Kier alpha value is -0.590. The quantitative estimate of drug-likeness (QED) is 0.695. The zero-order chi connectivity index (χ0) is 15.0. The lowest BCUT2D eigenvalue weighted by molar-refractivity contribution is -0.123. The van der Waals surface area contributed by atoms with Crippen LogP contribution in [0.2, 0.25) is 0 Å². The average Bonchev–Trinajstić information content (AvgIpc) is 2.41. The van der Waals surface area contributed by atoms with Gasteiger partial charge in [0.15, 0.2) is 6.61 Å². The molecular weight excluding hydrogens is 388 g/mol. The number of halogens is 2. The third-order valence-electron chi connectivity index (χ3n) is 2.56. The summed E-state index contributed by atoms with van der Waals surface area (Å²) >= 11 is 6.96. The highest BCUT2D eigenvalue weighted by molar-refractivity contribution is 9.11. The first-order valence-electron chi connectivity index (χ1n) is 6.66. The predicted octanol–water partition coefficient (Wildman–Crippen LogP) is 3.23. The summed E-state index contributed by atoms with van der Waals surface area (Å²) in [7, 11) is 0. The molecular formula is C14H20Br2N2O2. The van der Waals surface area contributed by atoms with E-state index < -0.39 is 0 Å². The Morgan fingerprint density at radius 3 is 2.45 bits per heavy atom. The highest BCUT2D eigenvalue weighted by Gasteiger charge is 2.11. The first-order chi connectivity index (χ1) is 9.58. The SMILES string of the molecule is CCCNC(=O)COc1c(Br)cc(CNCC)cc1Br. The Morgan fingerprint density at radius 1 is 1.25 bits per heavy atom. The number of carbonyl (C=O) groups is 1. The highest BCUT2D eigenvalue weighted by atomic mass is 79.9. The van der Waals surface area contributed by atoms with Crippen molar-refractivity contribution in [3.63, 3.8) is 0 Å². The molecule has 112 valence electrons. The summed E-state index contributed by atoms with van der Waals surface area (Å²) in [4.78, 5) is 11.5. The van der Waals surface area contributed by atoms with Gasteiger partial charge in [0, 0.05) is 13.1 Å². The molecule has 0 aliphatic heterocycles. The van der Waals surface area contributed by atoms with Gasteiger partial charge in [-0.3, -0.25) is 4.79 Å².